The van der Waals surface area contributed by atoms with Gasteiger partial charge in [0, 0.05) is 52.9 Å². The van der Waals surface area contributed by atoms with Gasteiger partial charge in [-0.25, -0.2) is 0 Å². The van der Waals surface area contributed by atoms with Crippen molar-refractivity contribution in [2.24, 2.45) is 0 Å². The molecule has 0 spiro atoms. The van der Waals surface area contributed by atoms with E-state index in [0.717, 1.165) is 39.4 Å². The third-order valence-corrected chi connectivity index (χ3v) is 7.74. The van der Waals surface area contributed by atoms with Crippen LogP contribution in [0.2, 0.25) is 0 Å². The molecule has 0 radical (unpaired) electrons. The Bertz CT molecular complexity index is 1290. The number of carbonyl (C=O) groups excluding carboxylic acids is 2. The van der Waals surface area contributed by atoms with Crippen LogP contribution in [0.1, 0.15) is 90.8 Å². The maximum atomic E-state index is 12.8. The number of rotatable bonds is 9. The van der Waals surface area contributed by atoms with Gasteiger partial charge in [0.25, 0.3) is 0 Å². The van der Waals surface area contributed by atoms with Gasteiger partial charge >= 0.3 is 0 Å². The van der Waals surface area contributed by atoms with Crippen LogP contribution in [-0.2, 0) is 26.8 Å². The van der Waals surface area contributed by atoms with E-state index in [9.17, 15) is 14.7 Å². The van der Waals surface area contributed by atoms with Gasteiger partial charge in [0.05, 0.1) is 0 Å². The summed E-state index contributed by atoms with van der Waals surface area (Å²) in [6, 6.07) is 12.1. The molecule has 214 valence electrons. The summed E-state index contributed by atoms with van der Waals surface area (Å²) in [7, 11) is 0. The molecular formula is C34H44N2O3S. The average Bonchev–Trinajstić information content (AvgIpc) is 2.86. The molecule has 3 N–H and O–H groups in total. The summed E-state index contributed by atoms with van der Waals surface area (Å²) in [5, 5.41) is 17.3. The van der Waals surface area contributed by atoms with Crippen molar-refractivity contribution in [1.29, 1.82) is 0 Å². The van der Waals surface area contributed by atoms with E-state index < -0.39 is 0 Å². The summed E-state index contributed by atoms with van der Waals surface area (Å²) in [5.41, 5.74) is 5.69. The van der Waals surface area contributed by atoms with Gasteiger partial charge in [-0.3, -0.25) is 9.59 Å². The van der Waals surface area contributed by atoms with Crippen molar-refractivity contribution < 1.29 is 14.7 Å². The molecule has 0 unspecified atom stereocenters. The number of allylic oxidation sites excluding steroid dienone is 4. The Hall–Kier alpha value is -3.25. The van der Waals surface area contributed by atoms with Crippen LogP contribution in [0.5, 0.6) is 5.75 Å². The first-order chi connectivity index (χ1) is 18.8. The molecule has 0 fully saturated rings. The second kappa shape index (κ2) is 13.4. The summed E-state index contributed by atoms with van der Waals surface area (Å²) in [4.78, 5) is 26.0. The van der Waals surface area contributed by atoms with Gasteiger partial charge in [-0.15, -0.1) is 0 Å². The number of thioether (sulfide) groups is 1. The molecule has 0 bridgehead atoms. The fourth-order valence-electron chi connectivity index (χ4n) is 4.64. The number of hydrogen-bond donors (Lipinski definition) is 3. The van der Waals surface area contributed by atoms with Crippen LogP contribution in [0, 0.1) is 0 Å². The lowest BCUT2D eigenvalue weighted by molar-refractivity contribution is -0.120. The van der Waals surface area contributed by atoms with E-state index in [2.05, 4.69) is 64.3 Å². The average molecular weight is 561 g/mol. The number of fused-ring (bicyclic) bond motifs is 1. The molecule has 2 aromatic rings. The fraction of sp³-hybridized carbons (Fsp3) is 0.412. The first kappa shape index (κ1) is 31.3. The van der Waals surface area contributed by atoms with Crippen LogP contribution in [-0.4, -0.2) is 16.1 Å². The van der Waals surface area contributed by atoms with E-state index in [1.54, 1.807) is 6.20 Å². The van der Waals surface area contributed by atoms with Crippen LogP contribution in [0.3, 0.4) is 0 Å². The molecule has 1 aliphatic rings. The summed E-state index contributed by atoms with van der Waals surface area (Å²) in [6.45, 7) is 14.4. The minimum Gasteiger partial charge on any atom is -0.507 e. The van der Waals surface area contributed by atoms with E-state index in [1.807, 2.05) is 49.4 Å². The lowest BCUT2D eigenvalue weighted by Crippen LogP contribution is -2.17. The topological polar surface area (TPSA) is 78.4 Å². The Morgan fingerprint density at radius 3 is 2.23 bits per heavy atom. The van der Waals surface area contributed by atoms with Gasteiger partial charge in [0.15, 0.2) is 5.12 Å². The summed E-state index contributed by atoms with van der Waals surface area (Å²) < 4.78 is 0. The Balaban J connectivity index is 1.50. The molecule has 40 heavy (non-hydrogen) atoms. The van der Waals surface area contributed by atoms with Crippen molar-refractivity contribution in [2.75, 3.05) is 5.32 Å². The predicted octanol–water partition coefficient (Wildman–Crippen LogP) is 8.29. The zero-order valence-electron chi connectivity index (χ0n) is 25.0. The summed E-state index contributed by atoms with van der Waals surface area (Å²) in [6.07, 6.45) is 10.6. The minimum absolute atomic E-state index is 0.0584. The van der Waals surface area contributed by atoms with Crippen LogP contribution in [0.25, 0.3) is 0 Å². The smallest absolute Gasteiger partial charge is 0.223 e. The van der Waals surface area contributed by atoms with Crippen LogP contribution in [0.15, 0.2) is 77.0 Å². The molecule has 6 heteroatoms. The fourth-order valence-corrected chi connectivity index (χ4v) is 5.50. The number of unbranched alkanes of at least 4 members (excludes halogenated alkanes) is 1. The monoisotopic (exact) mass is 560 g/mol. The number of carbonyl (C=O) groups is 2. The van der Waals surface area contributed by atoms with Gasteiger partial charge in [-0.2, -0.15) is 0 Å². The number of para-hydroxylation sites is 1. The van der Waals surface area contributed by atoms with Crippen LogP contribution in [0.4, 0.5) is 5.69 Å². The number of hydrogen-bond acceptors (Lipinski definition) is 5. The summed E-state index contributed by atoms with van der Waals surface area (Å²) >= 11 is 1.22. The Kier molecular flexibility index (Phi) is 10.5. The molecule has 3 rings (SSSR count). The lowest BCUT2D eigenvalue weighted by atomic mass is 9.79. The van der Waals surface area contributed by atoms with Gasteiger partial charge in [-0.1, -0.05) is 77.6 Å². The minimum atomic E-state index is -0.242. The highest BCUT2D eigenvalue weighted by atomic mass is 32.2. The Morgan fingerprint density at radius 2 is 1.60 bits per heavy atom. The standard InChI is InChI=1S/C34H44N2O3S/c1-8-13-28-24(20-23-14-9-10-15-29(23)36-28)18-19-35-30(37)16-11-12-17-31(38)40-25-21-26(33(2,3)4)32(39)27(22-25)34(5,6)7/h8-10,13-15,18-19,21-22,36,39H,11-12,16-17,20H2,1-7H3,(H,35,37)/b13-8-,19-18+. The molecule has 0 saturated carbocycles. The quantitative estimate of drug-likeness (QED) is 0.212. The number of aromatic hydroxyl groups is 1. The first-order valence-electron chi connectivity index (χ1n) is 14.0. The molecule has 0 saturated heterocycles. The second-order valence-electron chi connectivity index (χ2n) is 12.3. The van der Waals surface area contributed by atoms with Gasteiger partial charge < -0.3 is 15.7 Å². The number of benzene rings is 2. The van der Waals surface area contributed by atoms with Gasteiger partial charge in [0.1, 0.15) is 5.75 Å². The number of anilines is 1. The molecule has 2 aromatic carbocycles. The van der Waals surface area contributed by atoms with E-state index in [1.165, 1.54) is 17.3 Å². The largest absolute Gasteiger partial charge is 0.507 e. The van der Waals surface area contributed by atoms with E-state index >= 15 is 0 Å². The maximum absolute atomic E-state index is 12.8. The molecule has 0 aromatic heterocycles. The predicted molar refractivity (Wildman–Crippen MR) is 168 cm³/mol. The number of phenolic OH excluding ortho intramolecular Hbond substituents is 1. The van der Waals surface area contributed by atoms with E-state index in [-0.39, 0.29) is 21.9 Å². The Labute approximate surface area is 244 Å². The highest BCUT2D eigenvalue weighted by Gasteiger charge is 2.27. The molecule has 0 atom stereocenters. The van der Waals surface area contributed by atoms with E-state index in [0.29, 0.717) is 31.4 Å². The van der Waals surface area contributed by atoms with Crippen molar-refractivity contribution in [1.82, 2.24) is 5.32 Å². The highest BCUT2D eigenvalue weighted by molar-refractivity contribution is 8.13. The van der Waals surface area contributed by atoms with Crippen molar-refractivity contribution in [3.05, 3.63) is 88.8 Å². The normalized spacial score (nSPS) is 14.0. The molecule has 1 aliphatic heterocycles. The zero-order chi connectivity index (χ0) is 29.5. The summed E-state index contributed by atoms with van der Waals surface area (Å²) in [5.74, 6) is 0.257. The van der Waals surface area contributed by atoms with Crippen LogP contribution >= 0.6 is 11.8 Å². The van der Waals surface area contributed by atoms with Crippen molar-refractivity contribution in [2.45, 2.75) is 96.3 Å². The lowest BCUT2D eigenvalue weighted by Gasteiger charge is -2.28. The zero-order valence-corrected chi connectivity index (χ0v) is 25.8. The molecule has 1 amide bonds. The van der Waals surface area contributed by atoms with E-state index in [4.69, 9.17) is 0 Å². The maximum Gasteiger partial charge on any atom is 0.223 e. The first-order valence-corrected chi connectivity index (χ1v) is 14.9. The SMILES string of the molecule is C/C=C\C1=C(/C=C/NC(=O)CCCCC(=O)Sc2cc(C(C)(C)C)c(O)c(C(C)(C)C)c2)Cc2ccccc2N1. The second-order valence-corrected chi connectivity index (χ2v) is 13.5. The van der Waals surface area contributed by atoms with Gasteiger partial charge in [0.2, 0.25) is 5.91 Å². The van der Waals surface area contributed by atoms with Crippen molar-refractivity contribution >= 4 is 28.5 Å². The van der Waals surface area contributed by atoms with Crippen LogP contribution < -0.4 is 10.6 Å². The molecular weight excluding hydrogens is 516 g/mol. The van der Waals surface area contributed by atoms with Crippen molar-refractivity contribution in [3.63, 3.8) is 0 Å². The number of nitrogens with one attached hydrogen (secondary N) is 2. The third-order valence-electron chi connectivity index (χ3n) is 6.84. The van der Waals surface area contributed by atoms with Crippen molar-refractivity contribution in [3.8, 4) is 5.75 Å². The molecule has 0 aliphatic carbocycles. The molecule has 1 heterocycles. The third kappa shape index (κ3) is 8.62. The molecule has 5 nitrogen and oxygen atoms in total. The number of amides is 1. The Morgan fingerprint density at radius 1 is 0.975 bits per heavy atom. The highest BCUT2D eigenvalue weighted by Crippen LogP contribution is 2.42. The number of phenols is 1. The van der Waals surface area contributed by atoms with Gasteiger partial charge in [-0.05, 0) is 72.1 Å².